The van der Waals surface area contributed by atoms with Crippen LogP contribution >= 0.6 is 0 Å². The molecule has 0 unspecified atom stereocenters. The highest BCUT2D eigenvalue weighted by Crippen LogP contribution is 2.11. The molecule has 0 heterocycles. The fourth-order valence-electron chi connectivity index (χ4n) is 1.63. The van der Waals surface area contributed by atoms with E-state index in [-0.39, 0.29) is 0 Å². The number of hydrogen-bond acceptors (Lipinski definition) is 4. The maximum Gasteiger partial charge on any atom is 0.326 e. The van der Waals surface area contributed by atoms with Crippen molar-refractivity contribution in [2.24, 2.45) is 5.73 Å². The van der Waals surface area contributed by atoms with E-state index in [9.17, 15) is 14.4 Å². The van der Waals surface area contributed by atoms with Gasteiger partial charge in [-0.1, -0.05) is 12.1 Å². The molecule has 3 amide bonds. The van der Waals surface area contributed by atoms with Crippen molar-refractivity contribution in [3.8, 4) is 0 Å². The molecule has 0 spiro atoms. The van der Waals surface area contributed by atoms with E-state index in [1.54, 1.807) is 25.3 Å². The average molecular weight is 295 g/mol. The third-order valence-electron chi connectivity index (χ3n) is 2.50. The summed E-state index contributed by atoms with van der Waals surface area (Å²) >= 11 is 0. The van der Waals surface area contributed by atoms with Crippen LogP contribution in [0.1, 0.15) is 12.0 Å². The number of primary amides is 1. The van der Waals surface area contributed by atoms with E-state index in [1.807, 2.05) is 6.07 Å². The largest absolute Gasteiger partial charge is 0.480 e. The molecule has 0 aromatic heterocycles. The van der Waals surface area contributed by atoms with Crippen LogP contribution in [0.25, 0.3) is 0 Å². The first-order valence-electron chi connectivity index (χ1n) is 6.09. The van der Waals surface area contributed by atoms with E-state index in [2.05, 4.69) is 10.6 Å². The monoisotopic (exact) mass is 295 g/mol. The number of methoxy groups -OCH3 is 1. The van der Waals surface area contributed by atoms with E-state index in [0.717, 1.165) is 5.56 Å². The minimum absolute atomic E-state index is 0.385. The van der Waals surface area contributed by atoms with Crippen LogP contribution in [0.2, 0.25) is 0 Å². The number of benzene rings is 1. The number of carboxylic acid groups (broad SMARTS) is 1. The number of rotatable bonds is 7. The molecule has 0 aliphatic heterocycles. The molecule has 1 aromatic carbocycles. The molecule has 0 saturated carbocycles. The molecule has 1 aromatic rings. The standard InChI is InChI=1S/C13H17N3O5/c1-21-7-8-3-2-4-9(5-8)15-13(20)16-10(12(18)19)6-11(14)17/h2-5,10H,6-7H2,1H3,(H2,14,17)(H,18,19)(H2,15,16,20)/t10-/m1/s1. The summed E-state index contributed by atoms with van der Waals surface area (Å²) in [5.41, 5.74) is 6.25. The molecule has 8 heteroatoms. The molecule has 21 heavy (non-hydrogen) atoms. The van der Waals surface area contributed by atoms with Crippen molar-refractivity contribution < 1.29 is 24.2 Å². The molecule has 1 atom stereocenters. The van der Waals surface area contributed by atoms with Crippen LogP contribution in [0.4, 0.5) is 10.5 Å². The van der Waals surface area contributed by atoms with Gasteiger partial charge in [-0.15, -0.1) is 0 Å². The van der Waals surface area contributed by atoms with Crippen molar-refractivity contribution >= 4 is 23.6 Å². The molecule has 1 rings (SSSR count). The van der Waals surface area contributed by atoms with Crippen LogP contribution in [0, 0.1) is 0 Å². The van der Waals surface area contributed by atoms with Gasteiger partial charge in [-0.05, 0) is 17.7 Å². The summed E-state index contributed by atoms with van der Waals surface area (Å²) in [6, 6.07) is 4.76. The van der Waals surface area contributed by atoms with Gasteiger partial charge in [0.1, 0.15) is 6.04 Å². The number of carbonyl (C=O) groups excluding carboxylic acids is 2. The molecule has 0 aliphatic carbocycles. The zero-order chi connectivity index (χ0) is 15.8. The van der Waals surface area contributed by atoms with Gasteiger partial charge in [0.25, 0.3) is 0 Å². The number of nitrogens with two attached hydrogens (primary N) is 1. The Bertz CT molecular complexity index is 532. The summed E-state index contributed by atoms with van der Waals surface area (Å²) in [5, 5.41) is 13.5. The number of carboxylic acids is 1. The lowest BCUT2D eigenvalue weighted by atomic mass is 10.2. The second-order valence-electron chi connectivity index (χ2n) is 4.29. The van der Waals surface area contributed by atoms with Crippen LogP contribution in [0.15, 0.2) is 24.3 Å². The third-order valence-corrected chi connectivity index (χ3v) is 2.50. The average Bonchev–Trinajstić information content (AvgIpc) is 2.38. The Kier molecular flexibility index (Phi) is 6.15. The number of hydrogen-bond donors (Lipinski definition) is 4. The highest BCUT2D eigenvalue weighted by atomic mass is 16.5. The SMILES string of the molecule is COCc1cccc(NC(=O)N[C@H](CC(N)=O)C(=O)O)c1. The van der Waals surface area contributed by atoms with Crippen LogP contribution in [0.5, 0.6) is 0 Å². The predicted octanol–water partition coefficient (Wildman–Crippen LogP) is 0.283. The Morgan fingerprint density at radius 3 is 2.67 bits per heavy atom. The molecule has 114 valence electrons. The number of carbonyl (C=O) groups is 3. The summed E-state index contributed by atoms with van der Waals surface area (Å²) in [4.78, 5) is 33.3. The Hall–Kier alpha value is -2.61. The van der Waals surface area contributed by atoms with E-state index in [4.69, 9.17) is 15.6 Å². The molecular formula is C13H17N3O5. The van der Waals surface area contributed by atoms with Gasteiger partial charge in [0, 0.05) is 12.8 Å². The Morgan fingerprint density at radius 1 is 1.38 bits per heavy atom. The van der Waals surface area contributed by atoms with Gasteiger partial charge in [-0.2, -0.15) is 0 Å². The summed E-state index contributed by atoms with van der Waals surface area (Å²) in [6.07, 6.45) is -0.480. The topological polar surface area (TPSA) is 131 Å². The maximum absolute atomic E-state index is 11.7. The van der Waals surface area contributed by atoms with Gasteiger partial charge < -0.3 is 26.2 Å². The second kappa shape index (κ2) is 7.85. The number of nitrogens with one attached hydrogen (secondary N) is 2. The number of anilines is 1. The minimum Gasteiger partial charge on any atom is -0.480 e. The molecule has 8 nitrogen and oxygen atoms in total. The number of urea groups is 1. The maximum atomic E-state index is 11.7. The van der Waals surface area contributed by atoms with Gasteiger partial charge in [-0.3, -0.25) is 4.79 Å². The lowest BCUT2D eigenvalue weighted by Gasteiger charge is -2.14. The van der Waals surface area contributed by atoms with Crippen LogP contribution < -0.4 is 16.4 Å². The first kappa shape index (κ1) is 16.4. The summed E-state index contributed by atoms with van der Waals surface area (Å²) in [6.45, 7) is 0.385. The van der Waals surface area contributed by atoms with Gasteiger partial charge >= 0.3 is 12.0 Å². The Labute approximate surface area is 121 Å². The number of ether oxygens (including phenoxy) is 1. The first-order valence-corrected chi connectivity index (χ1v) is 6.09. The lowest BCUT2D eigenvalue weighted by Crippen LogP contribution is -2.45. The quantitative estimate of drug-likeness (QED) is 0.574. The van der Waals surface area contributed by atoms with Crippen molar-refractivity contribution in [2.75, 3.05) is 12.4 Å². The first-order chi connectivity index (χ1) is 9.92. The summed E-state index contributed by atoms with van der Waals surface area (Å²) < 4.78 is 4.97. The highest BCUT2D eigenvalue weighted by Gasteiger charge is 2.22. The van der Waals surface area contributed by atoms with E-state index in [0.29, 0.717) is 12.3 Å². The van der Waals surface area contributed by atoms with Gasteiger partial charge in [0.2, 0.25) is 5.91 Å². The molecular weight excluding hydrogens is 278 g/mol. The number of aliphatic carboxylic acids is 1. The fourth-order valence-corrected chi connectivity index (χ4v) is 1.63. The molecule has 0 saturated heterocycles. The normalized spacial score (nSPS) is 11.5. The van der Waals surface area contributed by atoms with Crippen molar-refractivity contribution in [1.29, 1.82) is 0 Å². The van der Waals surface area contributed by atoms with Crippen LogP contribution in [-0.2, 0) is 20.9 Å². The highest BCUT2D eigenvalue weighted by molar-refractivity contribution is 5.93. The van der Waals surface area contributed by atoms with Crippen molar-refractivity contribution in [3.63, 3.8) is 0 Å². The molecule has 0 radical (unpaired) electrons. The van der Waals surface area contributed by atoms with Crippen molar-refractivity contribution in [1.82, 2.24) is 5.32 Å². The van der Waals surface area contributed by atoms with Gasteiger partial charge in [0.15, 0.2) is 0 Å². The van der Waals surface area contributed by atoms with E-state index in [1.165, 1.54) is 0 Å². The second-order valence-corrected chi connectivity index (χ2v) is 4.29. The Morgan fingerprint density at radius 2 is 2.10 bits per heavy atom. The van der Waals surface area contributed by atoms with Crippen molar-refractivity contribution in [2.45, 2.75) is 19.1 Å². The zero-order valence-corrected chi connectivity index (χ0v) is 11.5. The zero-order valence-electron chi connectivity index (χ0n) is 11.5. The van der Waals surface area contributed by atoms with Crippen LogP contribution in [-0.4, -0.2) is 36.2 Å². The lowest BCUT2D eigenvalue weighted by molar-refractivity contribution is -0.140. The predicted molar refractivity (Wildman–Crippen MR) is 74.5 cm³/mol. The van der Waals surface area contributed by atoms with Gasteiger partial charge in [0.05, 0.1) is 13.0 Å². The molecule has 0 aliphatic rings. The van der Waals surface area contributed by atoms with Crippen molar-refractivity contribution in [3.05, 3.63) is 29.8 Å². The molecule has 0 fully saturated rings. The third kappa shape index (κ3) is 5.91. The summed E-state index contributed by atoms with van der Waals surface area (Å²) in [5.74, 6) is -2.15. The minimum atomic E-state index is -1.37. The van der Waals surface area contributed by atoms with Gasteiger partial charge in [-0.25, -0.2) is 9.59 Å². The summed E-state index contributed by atoms with van der Waals surface area (Å²) in [7, 11) is 1.55. The smallest absolute Gasteiger partial charge is 0.326 e. The van der Waals surface area contributed by atoms with Crippen LogP contribution in [0.3, 0.4) is 0 Å². The fraction of sp³-hybridized carbons (Fsp3) is 0.308. The van der Waals surface area contributed by atoms with E-state index < -0.39 is 30.4 Å². The molecule has 5 N–H and O–H groups in total. The van der Waals surface area contributed by atoms with E-state index >= 15 is 0 Å². The Balaban J connectivity index is 2.65. The molecule has 0 bridgehead atoms. The number of amides is 3.